The zero-order valence-electron chi connectivity index (χ0n) is 8.87. The van der Waals surface area contributed by atoms with E-state index in [2.05, 4.69) is 5.32 Å². The smallest absolute Gasteiger partial charge is 0.0920 e. The molecule has 0 aromatic heterocycles. The molecule has 0 unspecified atom stereocenters. The zero-order chi connectivity index (χ0) is 10.7. The third-order valence-corrected chi connectivity index (χ3v) is 3.16. The van der Waals surface area contributed by atoms with Crippen molar-refractivity contribution in [3.05, 3.63) is 35.4 Å². The monoisotopic (exact) mass is 206 g/mol. The molecule has 2 rings (SSSR count). The molecule has 0 saturated carbocycles. The molecule has 1 heterocycles. The first-order valence-corrected chi connectivity index (χ1v) is 5.47. The predicted octanol–water partition coefficient (Wildman–Crippen LogP) is 0.716. The van der Waals surface area contributed by atoms with E-state index in [1.807, 2.05) is 24.3 Å². The number of benzene rings is 1. The standard InChI is InChI=1S/C12H18N2O/c13-9-10-1-3-11(4-2-10)12(15)5-7-14-8-6-12/h1-4,14-15H,5-9,13H2. The van der Waals surface area contributed by atoms with Crippen LogP contribution in [0.4, 0.5) is 0 Å². The first kappa shape index (κ1) is 10.6. The van der Waals surface area contributed by atoms with Crippen LogP contribution >= 0.6 is 0 Å². The van der Waals surface area contributed by atoms with E-state index in [1.165, 1.54) is 0 Å². The second-order valence-electron chi connectivity index (χ2n) is 4.18. The van der Waals surface area contributed by atoms with Gasteiger partial charge in [0.25, 0.3) is 0 Å². The summed E-state index contributed by atoms with van der Waals surface area (Å²) in [4.78, 5) is 0. The van der Waals surface area contributed by atoms with E-state index in [1.54, 1.807) is 0 Å². The van der Waals surface area contributed by atoms with Crippen molar-refractivity contribution in [3.63, 3.8) is 0 Å². The fourth-order valence-electron chi connectivity index (χ4n) is 2.08. The van der Waals surface area contributed by atoms with E-state index >= 15 is 0 Å². The summed E-state index contributed by atoms with van der Waals surface area (Å²) in [5, 5.41) is 13.7. The van der Waals surface area contributed by atoms with Gasteiger partial charge in [0.1, 0.15) is 0 Å². The predicted molar refractivity (Wildman–Crippen MR) is 60.3 cm³/mol. The van der Waals surface area contributed by atoms with Crippen molar-refractivity contribution < 1.29 is 5.11 Å². The normalized spacial score (nSPS) is 20.1. The maximum absolute atomic E-state index is 10.4. The van der Waals surface area contributed by atoms with Gasteiger partial charge in [-0.1, -0.05) is 24.3 Å². The molecule has 15 heavy (non-hydrogen) atoms. The van der Waals surface area contributed by atoms with E-state index in [0.29, 0.717) is 6.54 Å². The molecule has 4 N–H and O–H groups in total. The minimum atomic E-state index is -0.640. The molecule has 1 aliphatic rings. The molecule has 0 bridgehead atoms. The fraction of sp³-hybridized carbons (Fsp3) is 0.500. The molecule has 0 amide bonds. The Hall–Kier alpha value is -0.900. The SMILES string of the molecule is NCc1ccc(C2(O)CCNCC2)cc1. The first-order valence-electron chi connectivity index (χ1n) is 5.47. The van der Waals surface area contributed by atoms with Crippen LogP contribution in [0.3, 0.4) is 0 Å². The number of aliphatic hydroxyl groups is 1. The Morgan fingerprint density at radius 1 is 1.20 bits per heavy atom. The maximum Gasteiger partial charge on any atom is 0.0920 e. The van der Waals surface area contributed by atoms with E-state index in [4.69, 9.17) is 5.73 Å². The highest BCUT2D eigenvalue weighted by Gasteiger charge is 2.30. The Bertz CT molecular complexity index is 315. The molecule has 3 heteroatoms. The number of hydrogen-bond donors (Lipinski definition) is 3. The zero-order valence-corrected chi connectivity index (χ0v) is 8.87. The van der Waals surface area contributed by atoms with Crippen LogP contribution in [0.1, 0.15) is 24.0 Å². The van der Waals surface area contributed by atoms with Gasteiger partial charge in [-0.05, 0) is 37.1 Å². The van der Waals surface area contributed by atoms with Crippen molar-refractivity contribution in [1.29, 1.82) is 0 Å². The van der Waals surface area contributed by atoms with Crippen LogP contribution in [0.2, 0.25) is 0 Å². The highest BCUT2D eigenvalue weighted by atomic mass is 16.3. The molecular formula is C12H18N2O. The van der Waals surface area contributed by atoms with Gasteiger partial charge in [0, 0.05) is 6.54 Å². The van der Waals surface area contributed by atoms with E-state index in [-0.39, 0.29) is 0 Å². The second kappa shape index (κ2) is 4.31. The largest absolute Gasteiger partial charge is 0.385 e. The molecular weight excluding hydrogens is 188 g/mol. The number of nitrogens with two attached hydrogens (primary N) is 1. The molecule has 82 valence electrons. The van der Waals surface area contributed by atoms with Gasteiger partial charge in [-0.3, -0.25) is 0 Å². The third-order valence-electron chi connectivity index (χ3n) is 3.16. The van der Waals surface area contributed by atoms with Crippen molar-refractivity contribution in [3.8, 4) is 0 Å². The first-order chi connectivity index (χ1) is 7.24. The molecule has 0 aliphatic carbocycles. The van der Waals surface area contributed by atoms with Gasteiger partial charge in [0.2, 0.25) is 0 Å². The Labute approximate surface area is 90.3 Å². The summed E-state index contributed by atoms with van der Waals surface area (Å²) < 4.78 is 0. The van der Waals surface area contributed by atoms with Crippen LogP contribution in [0.15, 0.2) is 24.3 Å². The summed E-state index contributed by atoms with van der Waals surface area (Å²) in [5.41, 5.74) is 7.02. The maximum atomic E-state index is 10.4. The topological polar surface area (TPSA) is 58.3 Å². The van der Waals surface area contributed by atoms with E-state index < -0.39 is 5.60 Å². The molecule has 1 aromatic carbocycles. The van der Waals surface area contributed by atoms with Gasteiger partial charge in [0.15, 0.2) is 0 Å². The minimum Gasteiger partial charge on any atom is -0.385 e. The average Bonchev–Trinajstić information content (AvgIpc) is 2.30. The van der Waals surface area contributed by atoms with Gasteiger partial charge < -0.3 is 16.2 Å². The van der Waals surface area contributed by atoms with Crippen molar-refractivity contribution in [2.75, 3.05) is 13.1 Å². The lowest BCUT2D eigenvalue weighted by Crippen LogP contribution is -2.39. The number of hydrogen-bond acceptors (Lipinski definition) is 3. The van der Waals surface area contributed by atoms with Crippen molar-refractivity contribution >= 4 is 0 Å². The van der Waals surface area contributed by atoms with Crippen LogP contribution in [0.25, 0.3) is 0 Å². The highest BCUT2D eigenvalue weighted by Crippen LogP contribution is 2.30. The summed E-state index contributed by atoms with van der Waals surface area (Å²) in [7, 11) is 0. The molecule has 1 saturated heterocycles. The fourth-order valence-corrected chi connectivity index (χ4v) is 2.08. The van der Waals surface area contributed by atoms with Crippen LogP contribution in [-0.2, 0) is 12.1 Å². The van der Waals surface area contributed by atoms with Crippen molar-refractivity contribution in [2.45, 2.75) is 25.0 Å². The van der Waals surface area contributed by atoms with Gasteiger partial charge in [-0.2, -0.15) is 0 Å². The quantitative estimate of drug-likeness (QED) is 0.668. The molecule has 3 nitrogen and oxygen atoms in total. The van der Waals surface area contributed by atoms with Crippen LogP contribution < -0.4 is 11.1 Å². The Morgan fingerprint density at radius 3 is 2.33 bits per heavy atom. The second-order valence-corrected chi connectivity index (χ2v) is 4.18. The lowest BCUT2D eigenvalue weighted by atomic mass is 9.85. The van der Waals surface area contributed by atoms with Crippen LogP contribution in [-0.4, -0.2) is 18.2 Å². The molecule has 1 fully saturated rings. The molecule has 0 radical (unpaired) electrons. The molecule has 1 aromatic rings. The highest BCUT2D eigenvalue weighted by molar-refractivity contribution is 5.27. The number of nitrogens with one attached hydrogen (secondary N) is 1. The number of piperidine rings is 1. The Kier molecular flexibility index (Phi) is 3.05. The lowest BCUT2D eigenvalue weighted by Gasteiger charge is -2.33. The van der Waals surface area contributed by atoms with Gasteiger partial charge in [-0.15, -0.1) is 0 Å². The van der Waals surface area contributed by atoms with Crippen molar-refractivity contribution in [1.82, 2.24) is 5.32 Å². The summed E-state index contributed by atoms with van der Waals surface area (Å²) in [5.74, 6) is 0. The van der Waals surface area contributed by atoms with E-state index in [9.17, 15) is 5.11 Å². The Morgan fingerprint density at radius 2 is 1.80 bits per heavy atom. The lowest BCUT2D eigenvalue weighted by molar-refractivity contribution is 0.00593. The van der Waals surface area contributed by atoms with Gasteiger partial charge in [-0.25, -0.2) is 0 Å². The minimum absolute atomic E-state index is 0.556. The molecule has 1 aliphatic heterocycles. The van der Waals surface area contributed by atoms with Gasteiger partial charge in [0.05, 0.1) is 5.60 Å². The summed E-state index contributed by atoms with van der Waals surface area (Å²) in [6, 6.07) is 7.98. The summed E-state index contributed by atoms with van der Waals surface area (Å²) >= 11 is 0. The van der Waals surface area contributed by atoms with Crippen molar-refractivity contribution in [2.24, 2.45) is 5.73 Å². The number of rotatable bonds is 2. The molecule has 0 spiro atoms. The van der Waals surface area contributed by atoms with Gasteiger partial charge >= 0.3 is 0 Å². The molecule has 0 atom stereocenters. The summed E-state index contributed by atoms with van der Waals surface area (Å²) in [6.07, 6.45) is 1.57. The Balaban J connectivity index is 2.20. The van der Waals surface area contributed by atoms with Crippen LogP contribution in [0, 0.1) is 0 Å². The summed E-state index contributed by atoms with van der Waals surface area (Å²) in [6.45, 7) is 2.32. The van der Waals surface area contributed by atoms with Crippen LogP contribution in [0.5, 0.6) is 0 Å². The average molecular weight is 206 g/mol. The van der Waals surface area contributed by atoms with E-state index in [0.717, 1.165) is 37.1 Å². The third kappa shape index (κ3) is 2.20.